The summed E-state index contributed by atoms with van der Waals surface area (Å²) in [5.74, 6) is -0.0578. The highest BCUT2D eigenvalue weighted by Gasteiger charge is 2.35. The van der Waals surface area contributed by atoms with E-state index in [0.717, 1.165) is 18.4 Å². The molecule has 2 aromatic carbocycles. The zero-order valence-corrected chi connectivity index (χ0v) is 17.3. The van der Waals surface area contributed by atoms with Crippen molar-refractivity contribution in [2.45, 2.75) is 25.2 Å². The molecule has 6 nitrogen and oxygen atoms in total. The van der Waals surface area contributed by atoms with Crippen molar-refractivity contribution in [3.05, 3.63) is 76.6 Å². The third kappa shape index (κ3) is 4.22. The van der Waals surface area contributed by atoms with Gasteiger partial charge < -0.3 is 10.1 Å². The van der Waals surface area contributed by atoms with Crippen molar-refractivity contribution in [3.63, 3.8) is 0 Å². The summed E-state index contributed by atoms with van der Waals surface area (Å²) in [6, 6.07) is 13.6. The van der Waals surface area contributed by atoms with Crippen LogP contribution in [0.5, 0.6) is 0 Å². The van der Waals surface area contributed by atoms with Crippen molar-refractivity contribution in [2.24, 2.45) is 0 Å². The van der Waals surface area contributed by atoms with Gasteiger partial charge in [0, 0.05) is 30.2 Å². The Hall–Kier alpha value is -2.77. The lowest BCUT2D eigenvalue weighted by atomic mass is 9.74. The summed E-state index contributed by atoms with van der Waals surface area (Å²) in [5.41, 5.74) is 1.53. The van der Waals surface area contributed by atoms with Crippen molar-refractivity contribution in [1.29, 1.82) is 0 Å². The molecule has 3 aromatic rings. The fourth-order valence-corrected chi connectivity index (χ4v) is 3.90. The number of nitrogens with zero attached hydrogens (tertiary/aromatic N) is 3. The Morgan fingerprint density at radius 1 is 1.17 bits per heavy atom. The van der Waals surface area contributed by atoms with Gasteiger partial charge in [-0.25, -0.2) is 14.1 Å². The minimum Gasteiger partial charge on any atom is -0.381 e. The molecule has 0 radical (unpaired) electrons. The molecule has 30 heavy (non-hydrogen) atoms. The first-order chi connectivity index (χ1) is 14.5. The first-order valence-electron chi connectivity index (χ1n) is 9.78. The van der Waals surface area contributed by atoms with Gasteiger partial charge in [-0.15, -0.1) is 5.10 Å². The Kier molecular flexibility index (Phi) is 5.83. The zero-order chi connectivity index (χ0) is 21.1. The highest BCUT2D eigenvalue weighted by Crippen LogP contribution is 2.35. The average Bonchev–Trinajstić information content (AvgIpc) is 3.15. The Morgan fingerprint density at radius 3 is 2.50 bits per heavy atom. The summed E-state index contributed by atoms with van der Waals surface area (Å²) in [7, 11) is 0. The van der Waals surface area contributed by atoms with E-state index in [0.29, 0.717) is 36.3 Å². The van der Waals surface area contributed by atoms with E-state index in [-0.39, 0.29) is 23.0 Å². The molecule has 1 amide bonds. The number of rotatable bonds is 5. The quantitative estimate of drug-likeness (QED) is 0.670. The Balaban J connectivity index is 1.52. The van der Waals surface area contributed by atoms with Crippen LogP contribution in [-0.2, 0) is 10.2 Å². The van der Waals surface area contributed by atoms with Gasteiger partial charge in [-0.2, -0.15) is 0 Å². The zero-order valence-electron chi connectivity index (χ0n) is 16.6. The number of aromatic nitrogens is 3. The summed E-state index contributed by atoms with van der Waals surface area (Å²) >= 11 is 6.05. The molecule has 0 spiro atoms. The molecule has 156 valence electrons. The van der Waals surface area contributed by atoms with Crippen molar-refractivity contribution >= 4 is 17.5 Å². The maximum atomic E-state index is 13.2. The highest BCUT2D eigenvalue weighted by molar-refractivity contribution is 6.30. The molecule has 4 rings (SSSR count). The van der Waals surface area contributed by atoms with Crippen LogP contribution in [0.25, 0.3) is 5.69 Å². The molecule has 1 aromatic heterocycles. The van der Waals surface area contributed by atoms with Crippen LogP contribution in [0, 0.1) is 12.7 Å². The molecule has 2 heterocycles. The molecule has 0 atom stereocenters. The lowest BCUT2D eigenvalue weighted by Gasteiger charge is -2.37. The summed E-state index contributed by atoms with van der Waals surface area (Å²) in [4.78, 5) is 17.1. The van der Waals surface area contributed by atoms with Gasteiger partial charge in [0.25, 0.3) is 5.91 Å². The topological polar surface area (TPSA) is 69.0 Å². The molecule has 1 aliphatic rings. The number of aryl methyl sites for hydroxylation is 1. The SMILES string of the molecule is Cc1nc(C(=O)NCC2(c3ccc(Cl)cc3)CCOCC2)nn1-c1ccc(F)cc1. The van der Waals surface area contributed by atoms with Crippen molar-refractivity contribution in [1.82, 2.24) is 20.1 Å². The summed E-state index contributed by atoms with van der Waals surface area (Å²) in [5, 5.41) is 7.98. The molecule has 0 bridgehead atoms. The first kappa shape index (κ1) is 20.5. The molecule has 1 fully saturated rings. The van der Waals surface area contributed by atoms with E-state index in [2.05, 4.69) is 15.4 Å². The molecule has 1 N–H and O–H groups in total. The lowest BCUT2D eigenvalue weighted by molar-refractivity contribution is 0.0486. The molecule has 0 saturated carbocycles. The van der Waals surface area contributed by atoms with Crippen LogP contribution < -0.4 is 5.32 Å². The number of hydrogen-bond donors (Lipinski definition) is 1. The fraction of sp³-hybridized carbons (Fsp3) is 0.318. The van der Waals surface area contributed by atoms with E-state index < -0.39 is 0 Å². The lowest BCUT2D eigenvalue weighted by Crippen LogP contribution is -2.44. The van der Waals surface area contributed by atoms with E-state index in [4.69, 9.17) is 16.3 Å². The second kappa shape index (κ2) is 8.53. The van der Waals surface area contributed by atoms with Crippen molar-refractivity contribution in [3.8, 4) is 5.69 Å². The summed E-state index contributed by atoms with van der Waals surface area (Å²) in [6.07, 6.45) is 1.59. The highest BCUT2D eigenvalue weighted by atomic mass is 35.5. The van der Waals surface area contributed by atoms with Gasteiger partial charge in [-0.05, 0) is 61.7 Å². The van der Waals surface area contributed by atoms with Crippen LogP contribution in [0.2, 0.25) is 5.02 Å². The third-order valence-electron chi connectivity index (χ3n) is 5.54. The molecular formula is C22H22ClFN4O2. The standard InChI is InChI=1S/C22H22ClFN4O2/c1-15-26-20(27-28(15)19-8-6-18(24)7-9-19)21(29)25-14-22(10-12-30-13-11-22)16-2-4-17(23)5-3-16/h2-9H,10-14H2,1H3,(H,25,29). The maximum Gasteiger partial charge on any atom is 0.291 e. The predicted octanol–water partition coefficient (Wildman–Crippen LogP) is 3.85. The molecular weight excluding hydrogens is 407 g/mol. The number of amides is 1. The molecule has 0 aliphatic carbocycles. The molecule has 8 heteroatoms. The van der Waals surface area contributed by atoms with E-state index in [1.165, 1.54) is 16.8 Å². The second-order valence-electron chi connectivity index (χ2n) is 7.45. The maximum absolute atomic E-state index is 13.2. The van der Waals surface area contributed by atoms with Gasteiger partial charge in [0.15, 0.2) is 0 Å². The van der Waals surface area contributed by atoms with Crippen molar-refractivity contribution < 1.29 is 13.9 Å². The predicted molar refractivity (Wildman–Crippen MR) is 112 cm³/mol. The Bertz CT molecular complexity index is 1030. The molecule has 0 unspecified atom stereocenters. The van der Waals surface area contributed by atoms with Gasteiger partial charge in [0.2, 0.25) is 5.82 Å². The number of halogens is 2. The molecule has 1 saturated heterocycles. The van der Waals surface area contributed by atoms with E-state index in [1.54, 1.807) is 19.1 Å². The summed E-state index contributed by atoms with van der Waals surface area (Å²) < 4.78 is 20.3. The minimum atomic E-state index is -0.348. The minimum absolute atomic E-state index is 0.0788. The average molecular weight is 429 g/mol. The van der Waals surface area contributed by atoms with Crippen LogP contribution in [0.15, 0.2) is 48.5 Å². The monoisotopic (exact) mass is 428 g/mol. The van der Waals surface area contributed by atoms with Gasteiger partial charge in [0.1, 0.15) is 11.6 Å². The number of ether oxygens (including phenoxy) is 1. The van der Waals surface area contributed by atoms with Crippen LogP contribution in [-0.4, -0.2) is 40.4 Å². The van der Waals surface area contributed by atoms with Crippen LogP contribution >= 0.6 is 11.6 Å². The molecule has 1 aliphatic heterocycles. The van der Waals surface area contributed by atoms with Gasteiger partial charge in [0.05, 0.1) is 5.69 Å². The normalized spacial score (nSPS) is 15.7. The number of nitrogens with one attached hydrogen (secondary N) is 1. The second-order valence-corrected chi connectivity index (χ2v) is 7.89. The number of benzene rings is 2. The smallest absolute Gasteiger partial charge is 0.291 e. The Labute approximate surface area is 179 Å². The van der Waals surface area contributed by atoms with Crippen molar-refractivity contribution in [2.75, 3.05) is 19.8 Å². The number of carbonyl (C=O) groups is 1. The van der Waals surface area contributed by atoms with Crippen LogP contribution in [0.1, 0.15) is 34.8 Å². The fourth-order valence-electron chi connectivity index (χ4n) is 3.77. The number of hydrogen-bond acceptors (Lipinski definition) is 4. The first-order valence-corrected chi connectivity index (χ1v) is 10.2. The number of carbonyl (C=O) groups excluding carboxylic acids is 1. The van der Waals surface area contributed by atoms with Gasteiger partial charge in [-0.3, -0.25) is 4.79 Å². The van der Waals surface area contributed by atoms with E-state index in [1.807, 2.05) is 24.3 Å². The van der Waals surface area contributed by atoms with Crippen LogP contribution in [0.3, 0.4) is 0 Å². The van der Waals surface area contributed by atoms with Crippen LogP contribution in [0.4, 0.5) is 4.39 Å². The van der Waals surface area contributed by atoms with E-state index in [9.17, 15) is 9.18 Å². The largest absolute Gasteiger partial charge is 0.381 e. The third-order valence-corrected chi connectivity index (χ3v) is 5.79. The van der Waals surface area contributed by atoms with Gasteiger partial charge in [-0.1, -0.05) is 23.7 Å². The Morgan fingerprint density at radius 2 is 1.83 bits per heavy atom. The van der Waals surface area contributed by atoms with E-state index >= 15 is 0 Å². The summed E-state index contributed by atoms with van der Waals surface area (Å²) in [6.45, 7) is 3.46. The van der Waals surface area contributed by atoms with Gasteiger partial charge >= 0.3 is 0 Å².